The zero-order valence-corrected chi connectivity index (χ0v) is 9.55. The topological polar surface area (TPSA) is 75.3 Å². The third-order valence-electron chi connectivity index (χ3n) is 2.70. The SMILES string of the molecule is CC(O)C(C)(C)Nc1nccn2cnnc12. The quantitative estimate of drug-likeness (QED) is 0.797. The van der Waals surface area contributed by atoms with Crippen LogP contribution in [0.1, 0.15) is 20.8 Å². The summed E-state index contributed by atoms with van der Waals surface area (Å²) in [6, 6.07) is 0. The molecule has 6 heteroatoms. The van der Waals surface area contributed by atoms with E-state index in [-0.39, 0.29) is 0 Å². The minimum absolute atomic E-state index is 0.471. The van der Waals surface area contributed by atoms with Crippen LogP contribution in [0.25, 0.3) is 5.65 Å². The summed E-state index contributed by atoms with van der Waals surface area (Å²) >= 11 is 0. The number of fused-ring (bicyclic) bond motifs is 1. The largest absolute Gasteiger partial charge is 0.391 e. The summed E-state index contributed by atoms with van der Waals surface area (Å²) in [5.41, 5.74) is 0.178. The van der Waals surface area contributed by atoms with Crippen molar-refractivity contribution in [2.45, 2.75) is 32.4 Å². The summed E-state index contributed by atoms with van der Waals surface area (Å²) in [5.74, 6) is 0.617. The van der Waals surface area contributed by atoms with Crippen molar-refractivity contribution in [3.8, 4) is 0 Å². The summed E-state index contributed by atoms with van der Waals surface area (Å²) in [6.07, 6.45) is 4.54. The number of aliphatic hydroxyl groups is 1. The van der Waals surface area contributed by atoms with Gasteiger partial charge in [-0.25, -0.2) is 4.98 Å². The lowest BCUT2D eigenvalue weighted by molar-refractivity contribution is 0.133. The molecule has 2 heterocycles. The lowest BCUT2D eigenvalue weighted by Gasteiger charge is -2.29. The monoisotopic (exact) mass is 221 g/mol. The third kappa shape index (κ3) is 1.83. The van der Waals surface area contributed by atoms with Crippen LogP contribution in [0.3, 0.4) is 0 Å². The molecular formula is C10H15N5O. The maximum absolute atomic E-state index is 9.63. The van der Waals surface area contributed by atoms with E-state index in [0.717, 1.165) is 0 Å². The molecule has 16 heavy (non-hydrogen) atoms. The van der Waals surface area contributed by atoms with Gasteiger partial charge in [-0.2, -0.15) is 0 Å². The third-order valence-corrected chi connectivity index (χ3v) is 2.70. The standard InChI is InChI=1S/C10H15N5O/c1-7(16)10(2,3)13-8-9-14-12-6-15(9)5-4-11-8/h4-7,16H,1-3H3,(H,11,13). The molecule has 2 aromatic rings. The van der Waals surface area contributed by atoms with Crippen molar-refractivity contribution in [3.05, 3.63) is 18.7 Å². The normalized spacial score (nSPS) is 14.0. The maximum Gasteiger partial charge on any atom is 0.203 e. The summed E-state index contributed by atoms with van der Waals surface area (Å²) in [6.45, 7) is 5.54. The van der Waals surface area contributed by atoms with E-state index in [1.54, 1.807) is 30.0 Å². The van der Waals surface area contributed by atoms with Crippen molar-refractivity contribution in [3.63, 3.8) is 0 Å². The smallest absolute Gasteiger partial charge is 0.203 e. The van der Waals surface area contributed by atoms with Crippen LogP contribution in [0.2, 0.25) is 0 Å². The van der Waals surface area contributed by atoms with Crippen LogP contribution in [0.15, 0.2) is 18.7 Å². The predicted octanol–water partition coefficient (Wildman–Crippen LogP) is 0.696. The van der Waals surface area contributed by atoms with Crippen molar-refractivity contribution >= 4 is 11.5 Å². The zero-order valence-electron chi connectivity index (χ0n) is 9.55. The number of hydrogen-bond acceptors (Lipinski definition) is 5. The number of aliphatic hydroxyl groups excluding tert-OH is 1. The first-order valence-electron chi connectivity index (χ1n) is 5.11. The van der Waals surface area contributed by atoms with Crippen molar-refractivity contribution in [1.29, 1.82) is 0 Å². The Morgan fingerprint density at radius 1 is 1.50 bits per heavy atom. The van der Waals surface area contributed by atoms with Gasteiger partial charge < -0.3 is 10.4 Å². The molecule has 6 nitrogen and oxygen atoms in total. The van der Waals surface area contributed by atoms with Gasteiger partial charge in [0.2, 0.25) is 5.65 Å². The van der Waals surface area contributed by atoms with E-state index in [9.17, 15) is 5.11 Å². The Kier molecular flexibility index (Phi) is 2.51. The van der Waals surface area contributed by atoms with Gasteiger partial charge >= 0.3 is 0 Å². The molecule has 0 aliphatic rings. The number of hydrogen-bond donors (Lipinski definition) is 2. The number of rotatable bonds is 3. The number of nitrogens with zero attached hydrogens (tertiary/aromatic N) is 4. The molecule has 0 aromatic carbocycles. The van der Waals surface area contributed by atoms with Gasteiger partial charge in [-0.1, -0.05) is 0 Å². The fourth-order valence-electron chi connectivity index (χ4n) is 1.26. The van der Waals surface area contributed by atoms with Crippen molar-refractivity contribution < 1.29 is 5.11 Å². The molecule has 2 rings (SSSR count). The Balaban J connectivity index is 2.37. The molecule has 1 atom stereocenters. The summed E-state index contributed by atoms with van der Waals surface area (Å²) < 4.78 is 1.77. The van der Waals surface area contributed by atoms with Gasteiger partial charge in [-0.05, 0) is 20.8 Å². The van der Waals surface area contributed by atoms with Crippen LogP contribution >= 0.6 is 0 Å². The Bertz CT molecular complexity index is 491. The molecule has 0 amide bonds. The first kappa shape index (κ1) is 10.8. The second-order valence-corrected chi connectivity index (χ2v) is 4.36. The lowest BCUT2D eigenvalue weighted by Crippen LogP contribution is -2.42. The average Bonchev–Trinajstić information content (AvgIpc) is 2.65. The van der Waals surface area contributed by atoms with E-state index < -0.39 is 11.6 Å². The minimum atomic E-state index is -0.502. The second-order valence-electron chi connectivity index (χ2n) is 4.36. The first-order chi connectivity index (χ1) is 7.50. The van der Waals surface area contributed by atoms with Crippen LogP contribution in [-0.4, -0.2) is 36.3 Å². The highest BCUT2D eigenvalue weighted by Gasteiger charge is 2.25. The molecule has 1 unspecified atom stereocenters. The van der Waals surface area contributed by atoms with Gasteiger partial charge in [0, 0.05) is 12.4 Å². The highest BCUT2D eigenvalue weighted by molar-refractivity contribution is 5.62. The Labute approximate surface area is 93.3 Å². The van der Waals surface area contributed by atoms with Gasteiger partial charge in [-0.3, -0.25) is 4.40 Å². The lowest BCUT2D eigenvalue weighted by atomic mass is 9.99. The van der Waals surface area contributed by atoms with Crippen LogP contribution in [-0.2, 0) is 0 Å². The van der Waals surface area contributed by atoms with E-state index in [1.165, 1.54) is 0 Å². The van der Waals surface area contributed by atoms with Gasteiger partial charge in [0.05, 0.1) is 11.6 Å². The second kappa shape index (κ2) is 3.71. The van der Waals surface area contributed by atoms with Crippen molar-refractivity contribution in [1.82, 2.24) is 19.6 Å². The van der Waals surface area contributed by atoms with Gasteiger partial charge in [0.1, 0.15) is 6.33 Å². The first-order valence-corrected chi connectivity index (χ1v) is 5.11. The molecule has 0 saturated carbocycles. The summed E-state index contributed by atoms with van der Waals surface area (Å²) in [5, 5.41) is 20.6. The predicted molar refractivity (Wildman–Crippen MR) is 60.2 cm³/mol. The number of anilines is 1. The minimum Gasteiger partial charge on any atom is -0.391 e. The van der Waals surface area contributed by atoms with Crippen LogP contribution in [0.4, 0.5) is 5.82 Å². The molecule has 0 aliphatic heterocycles. The summed E-state index contributed by atoms with van der Waals surface area (Å²) in [7, 11) is 0. The van der Waals surface area contributed by atoms with Crippen LogP contribution in [0, 0.1) is 0 Å². The van der Waals surface area contributed by atoms with Crippen LogP contribution in [0.5, 0.6) is 0 Å². The molecule has 2 aromatic heterocycles. The van der Waals surface area contributed by atoms with E-state index in [1.807, 2.05) is 13.8 Å². The van der Waals surface area contributed by atoms with Gasteiger partial charge in [-0.15, -0.1) is 10.2 Å². The van der Waals surface area contributed by atoms with Gasteiger partial charge in [0.25, 0.3) is 0 Å². The fraction of sp³-hybridized carbons (Fsp3) is 0.500. The molecule has 0 saturated heterocycles. The average molecular weight is 221 g/mol. The highest BCUT2D eigenvalue weighted by Crippen LogP contribution is 2.18. The molecule has 0 radical (unpaired) electrons. The summed E-state index contributed by atoms with van der Waals surface area (Å²) in [4.78, 5) is 4.20. The zero-order chi connectivity index (χ0) is 11.8. The van der Waals surface area contributed by atoms with Crippen molar-refractivity contribution in [2.24, 2.45) is 0 Å². The maximum atomic E-state index is 9.63. The van der Waals surface area contributed by atoms with E-state index in [2.05, 4.69) is 20.5 Å². The highest BCUT2D eigenvalue weighted by atomic mass is 16.3. The number of nitrogens with one attached hydrogen (secondary N) is 1. The Morgan fingerprint density at radius 2 is 2.25 bits per heavy atom. The fourth-order valence-corrected chi connectivity index (χ4v) is 1.26. The van der Waals surface area contributed by atoms with Crippen LogP contribution < -0.4 is 5.32 Å². The van der Waals surface area contributed by atoms with E-state index in [0.29, 0.717) is 11.5 Å². The molecule has 0 bridgehead atoms. The molecule has 0 spiro atoms. The van der Waals surface area contributed by atoms with Crippen molar-refractivity contribution in [2.75, 3.05) is 5.32 Å². The molecule has 0 fully saturated rings. The van der Waals surface area contributed by atoms with E-state index >= 15 is 0 Å². The Hall–Kier alpha value is -1.69. The Morgan fingerprint density at radius 3 is 2.94 bits per heavy atom. The number of aromatic nitrogens is 4. The molecule has 2 N–H and O–H groups in total. The molecule has 86 valence electrons. The molecule has 0 aliphatic carbocycles. The van der Waals surface area contributed by atoms with E-state index in [4.69, 9.17) is 0 Å². The molecular weight excluding hydrogens is 206 g/mol. The van der Waals surface area contributed by atoms with Gasteiger partial charge in [0.15, 0.2) is 5.82 Å².